The smallest absolute Gasteiger partial charge is 0.387 e. The molecule has 130 valence electrons. The average molecular weight is 489 g/mol. The van der Waals surface area contributed by atoms with Gasteiger partial charge in [-0.15, -0.1) is 0 Å². The lowest BCUT2D eigenvalue weighted by atomic mass is 10.2. The van der Waals surface area contributed by atoms with E-state index < -0.39 is 22.5 Å². The molecule has 0 saturated heterocycles. The zero-order valence-electron chi connectivity index (χ0n) is 11.8. The molecule has 0 fully saturated rings. The Morgan fingerprint density at radius 2 is 1.75 bits per heavy atom. The van der Waals surface area contributed by atoms with Gasteiger partial charge in [0.05, 0.1) is 0 Å². The molecule has 0 spiro atoms. The molecule has 1 N–H and O–H groups in total. The number of alkyl halides is 2. The number of nitrogens with one attached hydrogen (secondary N) is 1. The zero-order valence-corrected chi connectivity index (χ0v) is 15.8. The molecule has 0 aliphatic heterocycles. The molecule has 0 aliphatic rings. The number of ether oxygens (including phenoxy) is 1. The summed E-state index contributed by atoms with van der Waals surface area (Å²) >= 11 is 6.01. The van der Waals surface area contributed by atoms with Crippen molar-refractivity contribution in [2.24, 2.45) is 0 Å². The summed E-state index contributed by atoms with van der Waals surface area (Å²) in [4.78, 5) is -0.163. The van der Waals surface area contributed by atoms with Gasteiger partial charge in [-0.05, 0) is 61.7 Å². The summed E-state index contributed by atoms with van der Waals surface area (Å²) in [6.45, 7) is -3.12. The van der Waals surface area contributed by atoms with E-state index in [2.05, 4.69) is 41.3 Å². The maximum absolute atomic E-state index is 13.2. The lowest BCUT2D eigenvalue weighted by molar-refractivity contribution is -0.0498. The molecule has 0 aliphatic carbocycles. The van der Waals surface area contributed by atoms with Crippen molar-refractivity contribution in [3.63, 3.8) is 0 Å². The van der Waals surface area contributed by atoms with E-state index in [1.54, 1.807) is 6.07 Å². The first-order valence-corrected chi connectivity index (χ1v) is 9.44. The van der Waals surface area contributed by atoms with Crippen LogP contribution in [0.25, 0.3) is 0 Å². The highest BCUT2D eigenvalue weighted by molar-refractivity contribution is 9.11. The second-order valence-electron chi connectivity index (χ2n) is 4.55. The predicted octanol–water partition coefficient (Wildman–Crippen LogP) is 4.43. The first-order valence-electron chi connectivity index (χ1n) is 6.37. The van der Waals surface area contributed by atoms with Crippen LogP contribution in [0.2, 0.25) is 0 Å². The number of halogens is 5. The number of hydrogen-bond donors (Lipinski definition) is 1. The van der Waals surface area contributed by atoms with Crippen LogP contribution >= 0.6 is 31.9 Å². The maximum atomic E-state index is 13.2. The van der Waals surface area contributed by atoms with Crippen molar-refractivity contribution in [1.29, 1.82) is 0 Å². The molecule has 2 rings (SSSR count). The maximum Gasteiger partial charge on any atom is 0.387 e. The summed E-state index contributed by atoms with van der Waals surface area (Å²) in [6.07, 6.45) is 0. The Kier molecular flexibility index (Phi) is 6.29. The molecule has 10 heteroatoms. The number of rotatable bonds is 6. The van der Waals surface area contributed by atoms with Crippen LogP contribution in [0.1, 0.15) is 5.56 Å². The van der Waals surface area contributed by atoms with E-state index >= 15 is 0 Å². The van der Waals surface area contributed by atoms with Gasteiger partial charge >= 0.3 is 6.61 Å². The first kappa shape index (κ1) is 19.2. The molecule has 0 aromatic heterocycles. The molecular weight excluding hydrogens is 479 g/mol. The lowest BCUT2D eigenvalue weighted by Gasteiger charge is -2.11. The van der Waals surface area contributed by atoms with Crippen LogP contribution in [0.5, 0.6) is 5.75 Å². The molecule has 0 heterocycles. The second-order valence-corrected chi connectivity index (χ2v) is 7.96. The van der Waals surface area contributed by atoms with Crippen LogP contribution in [0.15, 0.2) is 50.2 Å². The van der Waals surface area contributed by atoms with Gasteiger partial charge in [-0.3, -0.25) is 0 Å². The van der Waals surface area contributed by atoms with Crippen LogP contribution in [0, 0.1) is 5.82 Å². The molecule has 2 aromatic rings. The standard InChI is InChI=1S/C14H10Br2F3NO3S/c15-11-5-9(17)6-12(16)13(11)24(21,22)20-7-8-2-1-3-10(4-8)23-14(18)19/h1-6,14,20H,7H2. The van der Waals surface area contributed by atoms with Gasteiger partial charge in [0.2, 0.25) is 10.0 Å². The van der Waals surface area contributed by atoms with E-state index in [-0.39, 0.29) is 26.1 Å². The molecule has 24 heavy (non-hydrogen) atoms. The minimum absolute atomic E-state index is 0.0525. The Labute approximate surface area is 153 Å². The van der Waals surface area contributed by atoms with Crippen molar-refractivity contribution in [3.05, 3.63) is 56.7 Å². The predicted molar refractivity (Wildman–Crippen MR) is 88.9 cm³/mol. The fourth-order valence-electron chi connectivity index (χ4n) is 1.87. The van der Waals surface area contributed by atoms with E-state index in [1.807, 2.05) is 0 Å². The van der Waals surface area contributed by atoms with Crippen LogP contribution in [0.4, 0.5) is 13.2 Å². The summed E-state index contributed by atoms with van der Waals surface area (Å²) in [5.41, 5.74) is 0.422. The molecule has 0 amide bonds. The third-order valence-corrected chi connectivity index (χ3v) is 6.10. The number of sulfonamides is 1. The van der Waals surface area contributed by atoms with Crippen molar-refractivity contribution in [1.82, 2.24) is 4.72 Å². The van der Waals surface area contributed by atoms with Gasteiger partial charge in [0.25, 0.3) is 0 Å². The van der Waals surface area contributed by atoms with Gasteiger partial charge < -0.3 is 4.74 Å². The third kappa shape index (κ3) is 4.95. The van der Waals surface area contributed by atoms with Gasteiger partial charge in [-0.2, -0.15) is 8.78 Å². The minimum Gasteiger partial charge on any atom is -0.435 e. The molecule has 0 radical (unpaired) electrons. The van der Waals surface area contributed by atoms with Crippen molar-refractivity contribution >= 4 is 41.9 Å². The van der Waals surface area contributed by atoms with Crippen LogP contribution in [-0.2, 0) is 16.6 Å². The van der Waals surface area contributed by atoms with E-state index in [1.165, 1.54) is 18.2 Å². The van der Waals surface area contributed by atoms with Gasteiger partial charge in [0.1, 0.15) is 16.5 Å². The topological polar surface area (TPSA) is 55.4 Å². The van der Waals surface area contributed by atoms with E-state index in [9.17, 15) is 21.6 Å². The normalized spacial score (nSPS) is 11.8. The lowest BCUT2D eigenvalue weighted by Crippen LogP contribution is -2.24. The van der Waals surface area contributed by atoms with Crippen LogP contribution in [-0.4, -0.2) is 15.0 Å². The number of benzene rings is 2. The first-order chi connectivity index (χ1) is 11.2. The monoisotopic (exact) mass is 487 g/mol. The van der Waals surface area contributed by atoms with Crippen molar-refractivity contribution in [2.75, 3.05) is 0 Å². The molecule has 0 atom stereocenters. The largest absolute Gasteiger partial charge is 0.435 e. The Bertz CT molecular complexity index is 824. The van der Waals surface area contributed by atoms with Crippen molar-refractivity contribution in [2.45, 2.75) is 18.1 Å². The summed E-state index contributed by atoms with van der Waals surface area (Å²) in [7, 11) is -3.97. The van der Waals surface area contributed by atoms with E-state index in [0.717, 1.165) is 12.1 Å². The molecule has 2 aromatic carbocycles. The molecule has 0 saturated carbocycles. The summed E-state index contributed by atoms with van der Waals surface area (Å²) in [6, 6.07) is 7.69. The van der Waals surface area contributed by atoms with Crippen molar-refractivity contribution in [3.8, 4) is 5.75 Å². The quantitative estimate of drug-likeness (QED) is 0.654. The second kappa shape index (κ2) is 7.85. The van der Waals surface area contributed by atoms with Crippen molar-refractivity contribution < 1.29 is 26.3 Å². The van der Waals surface area contributed by atoms with Gasteiger partial charge in [-0.1, -0.05) is 12.1 Å². The SMILES string of the molecule is O=S(=O)(NCc1cccc(OC(F)F)c1)c1c(Br)cc(F)cc1Br. The fraction of sp³-hybridized carbons (Fsp3) is 0.143. The average Bonchev–Trinajstić information content (AvgIpc) is 2.43. The van der Waals surface area contributed by atoms with Gasteiger partial charge in [0, 0.05) is 15.5 Å². The molecule has 0 bridgehead atoms. The molecular formula is C14H10Br2F3NO3S. The van der Waals surface area contributed by atoms with E-state index in [4.69, 9.17) is 0 Å². The van der Waals surface area contributed by atoms with Gasteiger partial charge in [0.15, 0.2) is 0 Å². The highest BCUT2D eigenvalue weighted by atomic mass is 79.9. The zero-order chi connectivity index (χ0) is 17.9. The minimum atomic E-state index is -3.97. The summed E-state index contributed by atoms with van der Waals surface area (Å²) in [5.74, 6) is -0.685. The van der Waals surface area contributed by atoms with Crippen LogP contribution < -0.4 is 9.46 Å². The summed E-state index contributed by atoms with van der Waals surface area (Å²) < 4.78 is 69.1. The van der Waals surface area contributed by atoms with E-state index in [0.29, 0.717) is 5.56 Å². The Morgan fingerprint density at radius 1 is 1.12 bits per heavy atom. The molecule has 0 unspecified atom stereocenters. The third-order valence-electron chi connectivity index (χ3n) is 2.82. The Hall–Kier alpha value is -1.10. The fourth-order valence-corrected chi connectivity index (χ4v) is 5.41. The molecule has 4 nitrogen and oxygen atoms in total. The number of hydrogen-bond acceptors (Lipinski definition) is 3. The van der Waals surface area contributed by atoms with Crippen LogP contribution in [0.3, 0.4) is 0 Å². The highest BCUT2D eigenvalue weighted by Gasteiger charge is 2.22. The summed E-state index contributed by atoms with van der Waals surface area (Å²) in [5, 5.41) is 0. The Balaban J connectivity index is 2.20. The Morgan fingerprint density at radius 3 is 2.33 bits per heavy atom. The van der Waals surface area contributed by atoms with Gasteiger partial charge in [-0.25, -0.2) is 17.5 Å². The highest BCUT2D eigenvalue weighted by Crippen LogP contribution is 2.31.